The van der Waals surface area contributed by atoms with Gasteiger partial charge in [0, 0.05) is 45.5 Å². The summed E-state index contributed by atoms with van der Waals surface area (Å²) in [5.74, 6) is 0.799. The third kappa shape index (κ3) is 2.61. The van der Waals surface area contributed by atoms with Gasteiger partial charge in [-0.2, -0.15) is 0 Å². The summed E-state index contributed by atoms with van der Waals surface area (Å²) in [6, 6.07) is 7.48. The summed E-state index contributed by atoms with van der Waals surface area (Å²) >= 11 is 9.41. The van der Waals surface area contributed by atoms with Crippen LogP contribution in [0.15, 0.2) is 41.1 Å². The minimum Gasteiger partial charge on any atom is -0.485 e. The maximum Gasteiger partial charge on any atom is 0.127 e. The largest absolute Gasteiger partial charge is 0.485 e. The first-order chi connectivity index (χ1) is 9.13. The molecule has 3 nitrogen and oxygen atoms in total. The maximum atomic E-state index is 6.21. The molecule has 2 N–H and O–H groups in total. The van der Waals surface area contributed by atoms with E-state index in [1.807, 2.05) is 30.5 Å². The second kappa shape index (κ2) is 5.12. The van der Waals surface area contributed by atoms with Crippen LogP contribution in [0.1, 0.15) is 29.7 Å². The van der Waals surface area contributed by atoms with Crippen molar-refractivity contribution in [3.63, 3.8) is 0 Å². The van der Waals surface area contributed by atoms with Gasteiger partial charge >= 0.3 is 0 Å². The minimum atomic E-state index is -0.0774. The number of fused-ring (bicyclic) bond motifs is 1. The third-order valence-corrected chi connectivity index (χ3v) is 3.88. The number of aromatic nitrogens is 1. The van der Waals surface area contributed by atoms with Gasteiger partial charge in [0.25, 0.3) is 0 Å². The molecule has 2 atom stereocenters. The van der Waals surface area contributed by atoms with E-state index in [4.69, 9.17) is 22.1 Å². The van der Waals surface area contributed by atoms with Gasteiger partial charge < -0.3 is 10.5 Å². The van der Waals surface area contributed by atoms with Crippen molar-refractivity contribution >= 4 is 27.5 Å². The second-order valence-corrected chi connectivity index (χ2v) is 5.92. The Morgan fingerprint density at radius 3 is 2.95 bits per heavy atom. The molecule has 2 heterocycles. The molecule has 0 aliphatic carbocycles. The summed E-state index contributed by atoms with van der Waals surface area (Å²) in [4.78, 5) is 4.17. The van der Waals surface area contributed by atoms with Gasteiger partial charge in [-0.25, -0.2) is 0 Å². The van der Waals surface area contributed by atoms with Crippen LogP contribution in [0.4, 0.5) is 0 Å². The minimum absolute atomic E-state index is 0.0753. The molecule has 0 fully saturated rings. The Bertz CT molecular complexity index is 620. The van der Waals surface area contributed by atoms with Gasteiger partial charge in [0.15, 0.2) is 0 Å². The van der Waals surface area contributed by atoms with Crippen LogP contribution in [0.5, 0.6) is 5.75 Å². The first-order valence-corrected chi connectivity index (χ1v) is 7.13. The number of rotatable bonds is 1. The van der Waals surface area contributed by atoms with Crippen LogP contribution in [-0.4, -0.2) is 4.98 Å². The predicted octanol–water partition coefficient (Wildman–Crippen LogP) is 4.02. The van der Waals surface area contributed by atoms with Crippen LogP contribution >= 0.6 is 27.5 Å². The molecule has 1 aliphatic heterocycles. The van der Waals surface area contributed by atoms with Crippen molar-refractivity contribution in [2.75, 3.05) is 0 Å². The van der Waals surface area contributed by atoms with Gasteiger partial charge in [-0.05, 0) is 40.2 Å². The summed E-state index contributed by atoms with van der Waals surface area (Å²) in [6.07, 6.45) is 4.20. The highest BCUT2D eigenvalue weighted by Crippen LogP contribution is 2.40. The molecule has 1 aliphatic rings. The lowest BCUT2D eigenvalue weighted by Gasteiger charge is -2.30. The fourth-order valence-corrected chi connectivity index (χ4v) is 2.85. The maximum absolute atomic E-state index is 6.21. The number of ether oxygens (including phenoxy) is 1. The molecule has 0 spiro atoms. The van der Waals surface area contributed by atoms with Crippen molar-refractivity contribution in [2.45, 2.75) is 18.6 Å². The van der Waals surface area contributed by atoms with E-state index < -0.39 is 0 Å². The Kier molecular flexibility index (Phi) is 3.48. The first kappa shape index (κ1) is 12.9. The van der Waals surface area contributed by atoms with E-state index in [0.717, 1.165) is 21.3 Å². The SMILES string of the molecule is N[C@H]1CC(c2cncc(Br)c2)Oc2ccc(Cl)cc21. The highest BCUT2D eigenvalue weighted by molar-refractivity contribution is 9.10. The average Bonchev–Trinajstić information content (AvgIpc) is 2.39. The molecule has 2 aromatic rings. The Balaban J connectivity index is 1.95. The van der Waals surface area contributed by atoms with Crippen molar-refractivity contribution in [2.24, 2.45) is 5.73 Å². The number of nitrogens with zero attached hydrogens (tertiary/aromatic N) is 1. The lowest BCUT2D eigenvalue weighted by Crippen LogP contribution is -2.24. The van der Waals surface area contributed by atoms with E-state index in [-0.39, 0.29) is 12.1 Å². The summed E-state index contributed by atoms with van der Waals surface area (Å²) in [6.45, 7) is 0. The second-order valence-electron chi connectivity index (χ2n) is 4.57. The monoisotopic (exact) mass is 338 g/mol. The Morgan fingerprint density at radius 2 is 2.16 bits per heavy atom. The van der Waals surface area contributed by atoms with Gasteiger partial charge in [0.1, 0.15) is 11.9 Å². The molecule has 1 unspecified atom stereocenters. The van der Waals surface area contributed by atoms with E-state index in [1.54, 1.807) is 6.20 Å². The van der Waals surface area contributed by atoms with Crippen molar-refractivity contribution < 1.29 is 4.74 Å². The van der Waals surface area contributed by atoms with Crippen molar-refractivity contribution in [1.82, 2.24) is 4.98 Å². The smallest absolute Gasteiger partial charge is 0.127 e. The number of pyridine rings is 1. The topological polar surface area (TPSA) is 48.1 Å². The molecule has 98 valence electrons. The molecule has 0 amide bonds. The van der Waals surface area contributed by atoms with Gasteiger partial charge in [0.05, 0.1) is 0 Å². The molecule has 3 rings (SSSR count). The quantitative estimate of drug-likeness (QED) is 0.853. The van der Waals surface area contributed by atoms with Gasteiger partial charge in [-0.1, -0.05) is 11.6 Å². The predicted molar refractivity (Wildman–Crippen MR) is 78.3 cm³/mol. The molecule has 0 saturated carbocycles. The van der Waals surface area contributed by atoms with Gasteiger partial charge in [-0.15, -0.1) is 0 Å². The molecular weight excluding hydrogens is 328 g/mol. The van der Waals surface area contributed by atoms with Crippen LogP contribution in [0, 0.1) is 0 Å². The normalized spacial score (nSPS) is 21.6. The third-order valence-electron chi connectivity index (χ3n) is 3.21. The summed E-state index contributed by atoms with van der Waals surface area (Å²) in [5.41, 5.74) is 8.19. The van der Waals surface area contributed by atoms with E-state index in [1.165, 1.54) is 0 Å². The number of nitrogens with two attached hydrogens (primary N) is 1. The Hall–Kier alpha value is -1.10. The van der Waals surface area contributed by atoms with E-state index in [9.17, 15) is 0 Å². The van der Waals surface area contributed by atoms with Crippen LogP contribution < -0.4 is 10.5 Å². The number of hydrogen-bond acceptors (Lipinski definition) is 3. The summed E-state index contributed by atoms with van der Waals surface area (Å²) in [5, 5.41) is 0.681. The highest BCUT2D eigenvalue weighted by atomic mass is 79.9. The summed E-state index contributed by atoms with van der Waals surface area (Å²) in [7, 11) is 0. The molecule has 1 aromatic heterocycles. The van der Waals surface area contributed by atoms with Crippen LogP contribution in [-0.2, 0) is 0 Å². The molecule has 1 aromatic carbocycles. The lowest BCUT2D eigenvalue weighted by molar-refractivity contribution is 0.161. The van der Waals surface area contributed by atoms with Crippen molar-refractivity contribution in [3.8, 4) is 5.75 Å². The number of halogens is 2. The summed E-state index contributed by atoms with van der Waals surface area (Å²) < 4.78 is 6.93. The molecule has 0 saturated heterocycles. The number of benzene rings is 1. The molecule has 19 heavy (non-hydrogen) atoms. The molecule has 0 radical (unpaired) electrons. The molecule has 5 heteroatoms. The number of hydrogen-bond donors (Lipinski definition) is 1. The first-order valence-electron chi connectivity index (χ1n) is 5.95. The zero-order valence-electron chi connectivity index (χ0n) is 10.0. The Morgan fingerprint density at radius 1 is 1.32 bits per heavy atom. The molecular formula is C14H12BrClN2O. The van der Waals surface area contributed by atoms with E-state index in [0.29, 0.717) is 11.4 Å². The lowest BCUT2D eigenvalue weighted by atomic mass is 9.94. The average molecular weight is 340 g/mol. The van der Waals surface area contributed by atoms with Crippen LogP contribution in [0.3, 0.4) is 0 Å². The van der Waals surface area contributed by atoms with Crippen LogP contribution in [0.2, 0.25) is 5.02 Å². The zero-order chi connectivity index (χ0) is 13.4. The van der Waals surface area contributed by atoms with Gasteiger partial charge in [-0.3, -0.25) is 4.98 Å². The van der Waals surface area contributed by atoms with Gasteiger partial charge in [0.2, 0.25) is 0 Å². The Labute approximate surface area is 124 Å². The standard InChI is InChI=1S/C14H12BrClN2O/c15-9-3-8(6-18-7-9)14-5-12(17)11-4-10(16)1-2-13(11)19-14/h1-4,6-7,12,14H,5,17H2/t12-,14?/m0/s1. The highest BCUT2D eigenvalue weighted by Gasteiger charge is 2.27. The van der Waals surface area contributed by atoms with Crippen LogP contribution in [0.25, 0.3) is 0 Å². The fraction of sp³-hybridized carbons (Fsp3) is 0.214. The van der Waals surface area contributed by atoms with E-state index >= 15 is 0 Å². The van der Waals surface area contributed by atoms with Crippen molar-refractivity contribution in [3.05, 3.63) is 57.3 Å². The zero-order valence-corrected chi connectivity index (χ0v) is 12.4. The fourth-order valence-electron chi connectivity index (χ4n) is 2.28. The molecule has 0 bridgehead atoms. The van der Waals surface area contributed by atoms with Crippen molar-refractivity contribution in [1.29, 1.82) is 0 Å². The van der Waals surface area contributed by atoms with E-state index in [2.05, 4.69) is 20.9 Å².